The summed E-state index contributed by atoms with van der Waals surface area (Å²) in [6.45, 7) is 1.98. The molecule has 7 nitrogen and oxygen atoms in total. The Morgan fingerprint density at radius 1 is 1.17 bits per heavy atom. The van der Waals surface area contributed by atoms with Crippen molar-refractivity contribution in [2.45, 2.75) is 51.5 Å². The SMILES string of the molecule is CCCCCC(=O)N(N)C(CCC(=O)O)C(=O)O. The summed E-state index contributed by atoms with van der Waals surface area (Å²) in [4.78, 5) is 32.9. The van der Waals surface area contributed by atoms with E-state index in [-0.39, 0.29) is 19.3 Å². The Labute approximate surface area is 106 Å². The zero-order chi connectivity index (χ0) is 14.1. The van der Waals surface area contributed by atoms with E-state index in [0.717, 1.165) is 12.8 Å². The summed E-state index contributed by atoms with van der Waals surface area (Å²) in [7, 11) is 0. The largest absolute Gasteiger partial charge is 0.481 e. The Balaban J connectivity index is 4.36. The monoisotopic (exact) mass is 260 g/mol. The molecule has 1 amide bonds. The number of nitrogens with two attached hydrogens (primary N) is 1. The molecular weight excluding hydrogens is 240 g/mol. The first-order valence-electron chi connectivity index (χ1n) is 5.91. The summed E-state index contributed by atoms with van der Waals surface area (Å²) >= 11 is 0. The first-order chi connectivity index (χ1) is 8.40. The number of hydrogen-bond acceptors (Lipinski definition) is 4. The van der Waals surface area contributed by atoms with Gasteiger partial charge in [-0.2, -0.15) is 0 Å². The van der Waals surface area contributed by atoms with Crippen LogP contribution in [0.25, 0.3) is 0 Å². The average molecular weight is 260 g/mol. The number of carboxylic acids is 2. The minimum Gasteiger partial charge on any atom is -0.481 e. The van der Waals surface area contributed by atoms with Gasteiger partial charge in [0.25, 0.3) is 0 Å². The molecule has 0 radical (unpaired) electrons. The highest BCUT2D eigenvalue weighted by Gasteiger charge is 2.27. The number of carbonyl (C=O) groups is 3. The van der Waals surface area contributed by atoms with Gasteiger partial charge in [0.15, 0.2) is 0 Å². The van der Waals surface area contributed by atoms with E-state index in [1.165, 1.54) is 0 Å². The molecule has 1 unspecified atom stereocenters. The summed E-state index contributed by atoms with van der Waals surface area (Å²) in [6, 6.07) is -1.28. The molecule has 0 aliphatic rings. The fraction of sp³-hybridized carbons (Fsp3) is 0.727. The maximum absolute atomic E-state index is 11.6. The number of nitrogens with zero attached hydrogens (tertiary/aromatic N) is 1. The predicted molar refractivity (Wildman–Crippen MR) is 63.5 cm³/mol. The van der Waals surface area contributed by atoms with Crippen molar-refractivity contribution >= 4 is 17.8 Å². The maximum Gasteiger partial charge on any atom is 0.328 e. The van der Waals surface area contributed by atoms with Gasteiger partial charge in [-0.1, -0.05) is 19.8 Å². The first-order valence-corrected chi connectivity index (χ1v) is 5.91. The van der Waals surface area contributed by atoms with E-state index in [1.54, 1.807) is 0 Å². The second kappa shape index (κ2) is 8.46. The molecule has 0 heterocycles. The van der Waals surface area contributed by atoms with Crippen LogP contribution in [0.5, 0.6) is 0 Å². The van der Waals surface area contributed by atoms with Crippen molar-refractivity contribution in [1.82, 2.24) is 5.01 Å². The van der Waals surface area contributed by atoms with Crippen molar-refractivity contribution in [3.8, 4) is 0 Å². The number of carbonyl (C=O) groups excluding carboxylic acids is 1. The fourth-order valence-electron chi connectivity index (χ4n) is 1.47. The van der Waals surface area contributed by atoms with Gasteiger partial charge in [0.1, 0.15) is 6.04 Å². The van der Waals surface area contributed by atoms with Crippen LogP contribution in [-0.2, 0) is 14.4 Å². The molecule has 0 bridgehead atoms. The third kappa shape index (κ3) is 6.19. The van der Waals surface area contributed by atoms with Gasteiger partial charge in [0.2, 0.25) is 5.91 Å². The van der Waals surface area contributed by atoms with Crippen LogP contribution in [0.2, 0.25) is 0 Å². The minimum atomic E-state index is -1.29. The predicted octanol–water partition coefficient (Wildman–Crippen LogP) is 0.587. The summed E-state index contributed by atoms with van der Waals surface area (Å²) in [6.07, 6.45) is 2.11. The number of unbranched alkanes of at least 4 members (excludes halogenated alkanes) is 2. The normalized spacial score (nSPS) is 11.9. The molecule has 0 aliphatic carbocycles. The van der Waals surface area contributed by atoms with Gasteiger partial charge in [-0.25, -0.2) is 10.6 Å². The van der Waals surface area contributed by atoms with E-state index >= 15 is 0 Å². The first kappa shape index (κ1) is 16.4. The molecule has 0 rings (SSSR count). The molecule has 0 aromatic carbocycles. The van der Waals surface area contributed by atoms with E-state index in [9.17, 15) is 14.4 Å². The van der Waals surface area contributed by atoms with Crippen molar-refractivity contribution in [3.05, 3.63) is 0 Å². The van der Waals surface area contributed by atoms with E-state index in [2.05, 4.69) is 0 Å². The Morgan fingerprint density at radius 3 is 2.22 bits per heavy atom. The lowest BCUT2D eigenvalue weighted by molar-refractivity contribution is -0.151. The molecule has 7 heteroatoms. The summed E-state index contributed by atoms with van der Waals surface area (Å²) < 4.78 is 0. The van der Waals surface area contributed by atoms with Gasteiger partial charge in [0.05, 0.1) is 0 Å². The highest BCUT2D eigenvalue weighted by molar-refractivity contribution is 5.83. The van der Waals surface area contributed by atoms with Crippen LogP contribution >= 0.6 is 0 Å². The number of amides is 1. The number of hydrazine groups is 1. The van der Waals surface area contributed by atoms with Crippen molar-refractivity contribution < 1.29 is 24.6 Å². The van der Waals surface area contributed by atoms with Gasteiger partial charge in [-0.3, -0.25) is 14.6 Å². The van der Waals surface area contributed by atoms with Crippen LogP contribution in [0.4, 0.5) is 0 Å². The third-order valence-electron chi connectivity index (χ3n) is 2.53. The standard InChI is InChI=1S/C11H20N2O5/c1-2-3-4-5-9(14)13(12)8(11(17)18)6-7-10(15)16/h8H,2-7,12H2,1H3,(H,15,16)(H,17,18). The van der Waals surface area contributed by atoms with Crippen LogP contribution < -0.4 is 5.84 Å². The number of aliphatic carboxylic acids is 2. The molecule has 1 atom stereocenters. The van der Waals surface area contributed by atoms with Crippen LogP contribution in [-0.4, -0.2) is 39.1 Å². The lowest BCUT2D eigenvalue weighted by Gasteiger charge is -2.23. The summed E-state index contributed by atoms with van der Waals surface area (Å²) in [5.41, 5.74) is 0. The minimum absolute atomic E-state index is 0.182. The number of rotatable bonds is 9. The van der Waals surface area contributed by atoms with Gasteiger partial charge < -0.3 is 10.2 Å². The highest BCUT2D eigenvalue weighted by Crippen LogP contribution is 2.08. The molecule has 18 heavy (non-hydrogen) atoms. The molecule has 0 saturated carbocycles. The average Bonchev–Trinajstić information content (AvgIpc) is 2.28. The Hall–Kier alpha value is -1.63. The Morgan fingerprint density at radius 2 is 1.78 bits per heavy atom. The van der Waals surface area contributed by atoms with Gasteiger partial charge in [-0.15, -0.1) is 0 Å². The topological polar surface area (TPSA) is 121 Å². The van der Waals surface area contributed by atoms with E-state index in [0.29, 0.717) is 11.4 Å². The van der Waals surface area contributed by atoms with Gasteiger partial charge >= 0.3 is 11.9 Å². The van der Waals surface area contributed by atoms with E-state index in [1.807, 2.05) is 6.92 Å². The number of carboxylic acid groups (broad SMARTS) is 2. The van der Waals surface area contributed by atoms with Crippen molar-refractivity contribution in [2.24, 2.45) is 5.84 Å². The zero-order valence-electron chi connectivity index (χ0n) is 10.5. The molecule has 0 aliphatic heterocycles. The molecule has 0 fully saturated rings. The second-order valence-corrected chi connectivity index (χ2v) is 4.04. The van der Waals surface area contributed by atoms with Gasteiger partial charge in [-0.05, 0) is 12.8 Å². The third-order valence-corrected chi connectivity index (χ3v) is 2.53. The highest BCUT2D eigenvalue weighted by atomic mass is 16.4. The maximum atomic E-state index is 11.6. The molecular formula is C11H20N2O5. The smallest absolute Gasteiger partial charge is 0.328 e. The van der Waals surface area contributed by atoms with Crippen LogP contribution in [0.1, 0.15) is 45.4 Å². The summed E-state index contributed by atoms with van der Waals surface area (Å²) in [5, 5.41) is 18.1. The second-order valence-electron chi connectivity index (χ2n) is 4.04. The Bertz CT molecular complexity index is 306. The fourth-order valence-corrected chi connectivity index (χ4v) is 1.47. The molecule has 4 N–H and O–H groups in total. The van der Waals surface area contributed by atoms with Crippen LogP contribution in [0.15, 0.2) is 0 Å². The quantitative estimate of drug-likeness (QED) is 0.241. The molecule has 0 saturated heterocycles. The van der Waals surface area contributed by atoms with Crippen molar-refractivity contribution in [1.29, 1.82) is 0 Å². The lowest BCUT2D eigenvalue weighted by Crippen LogP contribution is -2.49. The molecule has 104 valence electrons. The van der Waals surface area contributed by atoms with E-state index in [4.69, 9.17) is 16.1 Å². The lowest BCUT2D eigenvalue weighted by atomic mass is 10.1. The van der Waals surface area contributed by atoms with Crippen molar-refractivity contribution in [3.63, 3.8) is 0 Å². The van der Waals surface area contributed by atoms with Crippen molar-refractivity contribution in [2.75, 3.05) is 0 Å². The zero-order valence-corrected chi connectivity index (χ0v) is 10.5. The molecule has 0 spiro atoms. The molecule has 0 aromatic heterocycles. The van der Waals surface area contributed by atoms with E-state index < -0.39 is 23.9 Å². The van der Waals surface area contributed by atoms with Gasteiger partial charge in [0, 0.05) is 12.8 Å². The van der Waals surface area contributed by atoms with Crippen LogP contribution in [0, 0.1) is 0 Å². The molecule has 0 aromatic rings. The summed E-state index contributed by atoms with van der Waals surface area (Å²) in [5.74, 6) is 2.56. The Kier molecular flexibility index (Phi) is 7.69. The van der Waals surface area contributed by atoms with Crippen LogP contribution in [0.3, 0.4) is 0 Å². The number of hydrogen-bond donors (Lipinski definition) is 3.